The third-order valence-corrected chi connectivity index (χ3v) is 8.00. The van der Waals surface area contributed by atoms with Gasteiger partial charge in [-0.25, -0.2) is 8.42 Å². The van der Waals surface area contributed by atoms with Crippen molar-refractivity contribution in [3.63, 3.8) is 0 Å². The van der Waals surface area contributed by atoms with Crippen LogP contribution in [0.15, 0.2) is 40.6 Å². The molecule has 10 heteroatoms. The monoisotopic (exact) mass is 423 g/mol. The number of non-ortho nitro benzene ring substituents is 1. The third-order valence-electron chi connectivity index (χ3n) is 5.10. The van der Waals surface area contributed by atoms with E-state index in [-0.39, 0.29) is 16.7 Å². The van der Waals surface area contributed by atoms with E-state index in [0.29, 0.717) is 38.5 Å². The van der Waals surface area contributed by atoms with Crippen molar-refractivity contribution in [1.82, 2.24) is 4.31 Å². The van der Waals surface area contributed by atoms with Gasteiger partial charge in [-0.15, -0.1) is 11.3 Å². The van der Waals surface area contributed by atoms with Crippen molar-refractivity contribution < 1.29 is 18.1 Å². The molecule has 2 aromatic rings. The van der Waals surface area contributed by atoms with E-state index in [1.165, 1.54) is 16.4 Å². The Bertz CT molecular complexity index is 956. The lowest BCUT2D eigenvalue weighted by molar-refractivity contribution is -0.385. The number of hydrogen-bond donors (Lipinski definition) is 0. The molecule has 150 valence electrons. The van der Waals surface area contributed by atoms with Gasteiger partial charge in [0.05, 0.1) is 17.2 Å². The smallest absolute Gasteiger partial charge is 0.270 e. The molecule has 2 saturated heterocycles. The second-order valence-corrected chi connectivity index (χ2v) is 9.73. The van der Waals surface area contributed by atoms with Crippen LogP contribution in [0.25, 0.3) is 0 Å². The van der Waals surface area contributed by atoms with Crippen molar-refractivity contribution in [2.45, 2.75) is 23.8 Å². The topological polar surface area (TPSA) is 93.0 Å². The second-order valence-electron chi connectivity index (χ2n) is 6.84. The maximum absolute atomic E-state index is 13.2. The molecule has 0 spiro atoms. The van der Waals surface area contributed by atoms with Gasteiger partial charge in [-0.05, 0) is 30.4 Å². The number of hydrogen-bond acceptors (Lipinski definition) is 7. The molecule has 0 amide bonds. The van der Waals surface area contributed by atoms with E-state index in [1.807, 2.05) is 22.4 Å². The van der Waals surface area contributed by atoms with Crippen molar-refractivity contribution in [3.05, 3.63) is 50.7 Å². The van der Waals surface area contributed by atoms with Crippen LogP contribution in [0, 0.1) is 10.1 Å². The van der Waals surface area contributed by atoms with Gasteiger partial charge in [0.25, 0.3) is 5.69 Å². The van der Waals surface area contributed by atoms with Gasteiger partial charge in [0.2, 0.25) is 10.0 Å². The zero-order valence-electron chi connectivity index (χ0n) is 15.2. The molecule has 2 fully saturated rings. The number of nitrogens with zero attached hydrogens (tertiary/aromatic N) is 3. The summed E-state index contributed by atoms with van der Waals surface area (Å²) >= 11 is 1.60. The fourth-order valence-corrected chi connectivity index (χ4v) is 6.18. The van der Waals surface area contributed by atoms with Crippen LogP contribution < -0.4 is 4.90 Å². The van der Waals surface area contributed by atoms with Crippen LogP contribution in [-0.2, 0) is 14.8 Å². The van der Waals surface area contributed by atoms with Gasteiger partial charge in [-0.3, -0.25) is 10.1 Å². The van der Waals surface area contributed by atoms with Crippen LogP contribution in [0.3, 0.4) is 0 Å². The molecule has 0 bridgehead atoms. The van der Waals surface area contributed by atoms with Gasteiger partial charge in [-0.1, -0.05) is 6.07 Å². The minimum absolute atomic E-state index is 0.00966. The van der Waals surface area contributed by atoms with Crippen LogP contribution in [0.5, 0.6) is 0 Å². The minimum atomic E-state index is -3.80. The number of morpholine rings is 1. The summed E-state index contributed by atoms with van der Waals surface area (Å²) in [5, 5.41) is 13.2. The molecule has 2 aliphatic heterocycles. The van der Waals surface area contributed by atoms with Crippen molar-refractivity contribution >= 4 is 32.7 Å². The van der Waals surface area contributed by atoms with Crippen LogP contribution in [-0.4, -0.2) is 50.4 Å². The van der Waals surface area contributed by atoms with Gasteiger partial charge in [0.1, 0.15) is 11.0 Å². The molecule has 2 aliphatic rings. The molecule has 0 N–H and O–H groups in total. The zero-order chi connectivity index (χ0) is 19.7. The molecule has 28 heavy (non-hydrogen) atoms. The van der Waals surface area contributed by atoms with Crippen molar-refractivity contribution in [2.24, 2.45) is 0 Å². The summed E-state index contributed by atoms with van der Waals surface area (Å²) in [6, 6.07) is 8.07. The Morgan fingerprint density at radius 3 is 2.64 bits per heavy atom. The summed E-state index contributed by atoms with van der Waals surface area (Å²) in [6.45, 7) is 2.39. The van der Waals surface area contributed by atoms with E-state index in [2.05, 4.69) is 0 Å². The number of benzene rings is 1. The number of thiophene rings is 1. The summed E-state index contributed by atoms with van der Waals surface area (Å²) in [6.07, 6.45) is 1.47. The minimum Gasteiger partial charge on any atom is -0.369 e. The maximum Gasteiger partial charge on any atom is 0.270 e. The lowest BCUT2D eigenvalue weighted by Gasteiger charge is -2.35. The van der Waals surface area contributed by atoms with E-state index >= 15 is 0 Å². The van der Waals surface area contributed by atoms with Crippen molar-refractivity contribution in [2.75, 3.05) is 37.7 Å². The first-order chi connectivity index (χ1) is 13.5. The SMILES string of the molecule is O=[N+]([O-])c1ccc(N2CCOC(c3cccs3)C2)c(S(=O)(=O)N2CCCC2)c1. The van der Waals surface area contributed by atoms with Crippen LogP contribution in [0.1, 0.15) is 23.8 Å². The molecule has 4 rings (SSSR count). The predicted octanol–water partition coefficient (Wildman–Crippen LogP) is 3.02. The Hall–Kier alpha value is -2.01. The normalized spacial score (nSPS) is 21.1. The summed E-state index contributed by atoms with van der Waals surface area (Å²) in [7, 11) is -3.80. The highest BCUT2D eigenvalue weighted by atomic mass is 32.2. The fraction of sp³-hybridized carbons (Fsp3) is 0.444. The number of sulfonamides is 1. The fourth-order valence-electron chi connectivity index (χ4n) is 3.67. The quantitative estimate of drug-likeness (QED) is 0.542. The van der Waals surface area contributed by atoms with Gasteiger partial charge in [0.15, 0.2) is 0 Å². The molecule has 0 aliphatic carbocycles. The van der Waals surface area contributed by atoms with E-state index in [9.17, 15) is 18.5 Å². The van der Waals surface area contributed by atoms with Gasteiger partial charge >= 0.3 is 0 Å². The Morgan fingerprint density at radius 2 is 1.96 bits per heavy atom. The summed E-state index contributed by atoms with van der Waals surface area (Å²) in [5.74, 6) is 0. The first-order valence-electron chi connectivity index (χ1n) is 9.15. The molecule has 8 nitrogen and oxygen atoms in total. The Balaban J connectivity index is 1.72. The molecule has 1 unspecified atom stereocenters. The summed E-state index contributed by atoms with van der Waals surface area (Å²) in [5.41, 5.74) is 0.284. The molecular formula is C18H21N3O5S2. The highest BCUT2D eigenvalue weighted by Crippen LogP contribution is 2.36. The number of nitro groups is 1. The first kappa shape index (κ1) is 19.3. The van der Waals surface area contributed by atoms with E-state index in [0.717, 1.165) is 17.7 Å². The highest BCUT2D eigenvalue weighted by Gasteiger charge is 2.34. The Kier molecular flexibility index (Phi) is 5.37. The van der Waals surface area contributed by atoms with Crippen molar-refractivity contribution in [1.29, 1.82) is 0 Å². The molecular weight excluding hydrogens is 402 g/mol. The predicted molar refractivity (Wildman–Crippen MR) is 106 cm³/mol. The summed E-state index contributed by atoms with van der Waals surface area (Å²) < 4.78 is 33.7. The van der Waals surface area contributed by atoms with E-state index in [1.54, 1.807) is 17.4 Å². The Morgan fingerprint density at radius 1 is 1.18 bits per heavy atom. The molecule has 1 aromatic heterocycles. The third kappa shape index (κ3) is 3.64. The number of anilines is 1. The van der Waals surface area contributed by atoms with Crippen LogP contribution >= 0.6 is 11.3 Å². The van der Waals surface area contributed by atoms with Gasteiger partial charge in [0, 0.05) is 43.2 Å². The van der Waals surface area contributed by atoms with Gasteiger partial charge in [-0.2, -0.15) is 4.31 Å². The second kappa shape index (κ2) is 7.78. The number of rotatable bonds is 5. The first-order valence-corrected chi connectivity index (χ1v) is 11.5. The molecule has 0 radical (unpaired) electrons. The lowest BCUT2D eigenvalue weighted by atomic mass is 10.2. The van der Waals surface area contributed by atoms with Gasteiger partial charge < -0.3 is 9.64 Å². The standard InChI is InChI=1S/C18H21N3O5S2/c22-21(23)14-5-6-15(18(12-14)28(24,25)20-7-1-2-8-20)19-9-10-26-16(13-19)17-4-3-11-27-17/h3-6,11-12,16H,1-2,7-10,13H2. The molecule has 0 saturated carbocycles. The number of nitro benzene ring substituents is 1. The molecule has 1 atom stereocenters. The molecule has 1 aromatic carbocycles. The average Bonchev–Trinajstić information content (AvgIpc) is 3.41. The molecule has 3 heterocycles. The number of ether oxygens (including phenoxy) is 1. The maximum atomic E-state index is 13.2. The zero-order valence-corrected chi connectivity index (χ0v) is 16.8. The highest BCUT2D eigenvalue weighted by molar-refractivity contribution is 7.89. The summed E-state index contributed by atoms with van der Waals surface area (Å²) in [4.78, 5) is 13.8. The van der Waals surface area contributed by atoms with E-state index < -0.39 is 14.9 Å². The largest absolute Gasteiger partial charge is 0.369 e. The average molecular weight is 424 g/mol. The van der Waals surface area contributed by atoms with Crippen LogP contribution in [0.4, 0.5) is 11.4 Å². The lowest BCUT2D eigenvalue weighted by Crippen LogP contribution is -2.39. The van der Waals surface area contributed by atoms with Crippen LogP contribution in [0.2, 0.25) is 0 Å². The van der Waals surface area contributed by atoms with Crippen molar-refractivity contribution in [3.8, 4) is 0 Å². The van der Waals surface area contributed by atoms with E-state index in [4.69, 9.17) is 4.74 Å². The Labute approximate surface area is 167 Å².